The number of likely N-dealkylation sites (N-methyl/N-ethyl adjacent to an activating group) is 1. The second-order valence-corrected chi connectivity index (χ2v) is 8.82. The SMILES string of the molecule is CN1CCN(S(=O)(=O)c2ccc(Oc3ccc(Cl)cc3)cc2)C(O)(C(N)=O)C1. The smallest absolute Gasteiger partial charge is 0.267 e. The Kier molecular flexibility index (Phi) is 5.64. The third-order valence-electron chi connectivity index (χ3n) is 4.44. The maximum Gasteiger partial charge on any atom is 0.267 e. The van der Waals surface area contributed by atoms with E-state index in [1.807, 2.05) is 0 Å². The zero-order chi connectivity index (χ0) is 20.5. The molecule has 0 spiro atoms. The molecule has 0 aromatic heterocycles. The lowest BCUT2D eigenvalue weighted by Gasteiger charge is -2.43. The molecule has 1 aliphatic heterocycles. The molecular formula is C18H20ClN3O5S. The van der Waals surface area contributed by atoms with Gasteiger partial charge in [0.1, 0.15) is 11.5 Å². The summed E-state index contributed by atoms with van der Waals surface area (Å²) in [6, 6.07) is 12.4. The van der Waals surface area contributed by atoms with Crippen molar-refractivity contribution in [3.8, 4) is 11.5 Å². The van der Waals surface area contributed by atoms with Crippen LogP contribution in [0.1, 0.15) is 0 Å². The molecule has 1 heterocycles. The number of amides is 1. The van der Waals surface area contributed by atoms with Crippen molar-refractivity contribution in [3.63, 3.8) is 0 Å². The summed E-state index contributed by atoms with van der Waals surface area (Å²) >= 11 is 5.83. The number of β-amino-alcohol motifs (C(OH)–C–C–N with tert-alkyl or cyclic N) is 1. The Bertz CT molecular complexity index is 966. The van der Waals surface area contributed by atoms with Crippen molar-refractivity contribution in [3.05, 3.63) is 53.6 Å². The highest BCUT2D eigenvalue weighted by molar-refractivity contribution is 7.89. The largest absolute Gasteiger partial charge is 0.457 e. The lowest BCUT2D eigenvalue weighted by Crippen LogP contribution is -2.68. The number of carbonyl (C=O) groups is 1. The highest BCUT2D eigenvalue weighted by atomic mass is 35.5. The van der Waals surface area contributed by atoms with Crippen molar-refractivity contribution in [2.45, 2.75) is 10.6 Å². The molecule has 28 heavy (non-hydrogen) atoms. The van der Waals surface area contributed by atoms with Gasteiger partial charge >= 0.3 is 0 Å². The lowest BCUT2D eigenvalue weighted by molar-refractivity contribution is -0.158. The van der Waals surface area contributed by atoms with Crippen LogP contribution in [0.2, 0.25) is 5.02 Å². The zero-order valence-electron chi connectivity index (χ0n) is 15.1. The van der Waals surface area contributed by atoms with Gasteiger partial charge in [-0.2, -0.15) is 4.31 Å². The van der Waals surface area contributed by atoms with Crippen LogP contribution in [0.5, 0.6) is 11.5 Å². The minimum absolute atomic E-state index is 0.0682. The Hall–Kier alpha value is -2.17. The van der Waals surface area contributed by atoms with E-state index in [1.165, 1.54) is 24.3 Å². The highest BCUT2D eigenvalue weighted by Crippen LogP contribution is 2.29. The van der Waals surface area contributed by atoms with Gasteiger partial charge in [0.25, 0.3) is 5.91 Å². The van der Waals surface area contributed by atoms with Crippen LogP contribution >= 0.6 is 11.6 Å². The van der Waals surface area contributed by atoms with Crippen LogP contribution in [0.4, 0.5) is 0 Å². The van der Waals surface area contributed by atoms with Gasteiger partial charge in [-0.3, -0.25) is 4.79 Å². The van der Waals surface area contributed by atoms with E-state index in [-0.39, 0.29) is 18.0 Å². The molecule has 3 rings (SSSR count). The lowest BCUT2D eigenvalue weighted by atomic mass is 10.1. The summed E-state index contributed by atoms with van der Waals surface area (Å²) in [7, 11) is -2.48. The van der Waals surface area contributed by atoms with Gasteiger partial charge in [0, 0.05) is 18.1 Å². The first-order valence-electron chi connectivity index (χ1n) is 8.40. The van der Waals surface area contributed by atoms with E-state index >= 15 is 0 Å². The van der Waals surface area contributed by atoms with E-state index in [2.05, 4.69) is 0 Å². The van der Waals surface area contributed by atoms with Crippen molar-refractivity contribution in [1.29, 1.82) is 0 Å². The number of hydrogen-bond donors (Lipinski definition) is 2. The van der Waals surface area contributed by atoms with E-state index in [4.69, 9.17) is 22.1 Å². The summed E-state index contributed by atoms with van der Waals surface area (Å²) in [5.41, 5.74) is 2.98. The number of ether oxygens (including phenoxy) is 1. The number of rotatable bonds is 5. The van der Waals surface area contributed by atoms with Crippen LogP contribution in [0, 0.1) is 0 Å². The number of hydrogen-bond acceptors (Lipinski definition) is 6. The van der Waals surface area contributed by atoms with Crippen LogP contribution in [0.3, 0.4) is 0 Å². The molecule has 1 amide bonds. The second kappa shape index (κ2) is 7.69. The van der Waals surface area contributed by atoms with E-state index < -0.39 is 21.7 Å². The first-order valence-corrected chi connectivity index (χ1v) is 10.2. The fraction of sp³-hybridized carbons (Fsp3) is 0.278. The number of nitrogens with zero attached hydrogens (tertiary/aromatic N) is 2. The van der Waals surface area contributed by atoms with Crippen molar-refractivity contribution in [2.24, 2.45) is 5.73 Å². The summed E-state index contributed by atoms with van der Waals surface area (Å²) in [5, 5.41) is 11.2. The van der Waals surface area contributed by atoms with E-state index in [9.17, 15) is 18.3 Å². The molecule has 0 bridgehead atoms. The summed E-state index contributed by atoms with van der Waals surface area (Å²) in [6.07, 6.45) is 0. The van der Waals surface area contributed by atoms with E-state index in [0.717, 1.165) is 4.31 Å². The van der Waals surface area contributed by atoms with E-state index in [0.29, 0.717) is 23.1 Å². The van der Waals surface area contributed by atoms with E-state index in [1.54, 1.807) is 36.2 Å². The number of sulfonamides is 1. The first-order chi connectivity index (χ1) is 13.1. The van der Waals surface area contributed by atoms with Crippen LogP contribution in [-0.4, -0.2) is 61.0 Å². The Morgan fingerprint density at radius 2 is 1.64 bits per heavy atom. The average molecular weight is 426 g/mol. The summed E-state index contributed by atoms with van der Waals surface area (Å²) in [4.78, 5) is 13.4. The van der Waals surface area contributed by atoms with Gasteiger partial charge in [-0.15, -0.1) is 0 Å². The number of aliphatic hydroxyl groups is 1. The Balaban J connectivity index is 1.85. The minimum Gasteiger partial charge on any atom is -0.457 e. The monoisotopic (exact) mass is 425 g/mol. The Morgan fingerprint density at radius 1 is 1.11 bits per heavy atom. The number of carbonyl (C=O) groups excluding carboxylic acids is 1. The first kappa shape index (κ1) is 20.6. The molecule has 150 valence electrons. The highest BCUT2D eigenvalue weighted by Gasteiger charge is 2.50. The Labute approximate surface area is 168 Å². The predicted octanol–water partition coefficient (Wildman–Crippen LogP) is 1.24. The molecule has 3 N–H and O–H groups in total. The minimum atomic E-state index is -4.15. The van der Waals surface area contributed by atoms with Gasteiger partial charge in [-0.05, 0) is 55.6 Å². The van der Waals surface area contributed by atoms with Gasteiger partial charge in [0.2, 0.25) is 15.7 Å². The van der Waals surface area contributed by atoms with Gasteiger partial charge in [-0.25, -0.2) is 8.42 Å². The van der Waals surface area contributed by atoms with Crippen LogP contribution in [0.25, 0.3) is 0 Å². The molecule has 2 aromatic carbocycles. The molecule has 2 aromatic rings. The molecule has 0 saturated carbocycles. The number of primary amides is 1. The fourth-order valence-corrected chi connectivity index (χ4v) is 4.67. The van der Waals surface area contributed by atoms with Crippen molar-refractivity contribution in [2.75, 3.05) is 26.7 Å². The molecule has 1 saturated heterocycles. The number of benzene rings is 2. The molecule has 8 nitrogen and oxygen atoms in total. The maximum absolute atomic E-state index is 13.0. The standard InChI is InChI=1S/C18H20ClN3O5S/c1-21-10-11-22(18(24,12-21)17(20)23)28(25,26)16-8-6-15(7-9-16)27-14-4-2-13(19)3-5-14/h2-9,24H,10-12H2,1H3,(H2,20,23). The molecule has 1 fully saturated rings. The van der Waals surface area contributed by atoms with Crippen LogP contribution in [-0.2, 0) is 14.8 Å². The topological polar surface area (TPSA) is 113 Å². The van der Waals surface area contributed by atoms with Crippen molar-refractivity contribution in [1.82, 2.24) is 9.21 Å². The molecule has 10 heteroatoms. The van der Waals surface area contributed by atoms with Crippen LogP contribution < -0.4 is 10.5 Å². The molecule has 0 aliphatic carbocycles. The Morgan fingerprint density at radius 3 is 2.18 bits per heavy atom. The molecule has 0 radical (unpaired) electrons. The summed E-state index contributed by atoms with van der Waals surface area (Å²) < 4.78 is 32.4. The predicted molar refractivity (Wildman–Crippen MR) is 104 cm³/mol. The maximum atomic E-state index is 13.0. The number of piperazine rings is 1. The van der Waals surface area contributed by atoms with Crippen molar-refractivity contribution >= 4 is 27.5 Å². The average Bonchev–Trinajstić information content (AvgIpc) is 2.63. The van der Waals surface area contributed by atoms with Gasteiger partial charge in [0.15, 0.2) is 0 Å². The number of nitrogens with two attached hydrogens (primary N) is 1. The normalized spacial score (nSPS) is 21.4. The molecule has 1 atom stereocenters. The third-order valence-corrected chi connectivity index (χ3v) is 6.63. The summed E-state index contributed by atoms with van der Waals surface area (Å²) in [6.45, 7) is 0.0766. The quantitative estimate of drug-likeness (QED) is 0.745. The van der Waals surface area contributed by atoms with Gasteiger partial charge in [-0.1, -0.05) is 11.6 Å². The summed E-state index contributed by atoms with van der Waals surface area (Å²) in [5.74, 6) is -0.155. The number of halogens is 1. The second-order valence-electron chi connectivity index (χ2n) is 6.52. The van der Waals surface area contributed by atoms with Gasteiger partial charge < -0.3 is 20.5 Å². The van der Waals surface area contributed by atoms with Crippen molar-refractivity contribution < 1.29 is 23.1 Å². The molecule has 1 unspecified atom stereocenters. The van der Waals surface area contributed by atoms with Crippen LogP contribution in [0.15, 0.2) is 53.4 Å². The zero-order valence-corrected chi connectivity index (χ0v) is 16.7. The third kappa shape index (κ3) is 3.98. The molecule has 1 aliphatic rings. The van der Waals surface area contributed by atoms with Gasteiger partial charge in [0.05, 0.1) is 11.4 Å². The molecular weight excluding hydrogens is 406 g/mol. The fourth-order valence-electron chi connectivity index (χ4n) is 2.95.